The van der Waals surface area contributed by atoms with Crippen molar-refractivity contribution < 1.29 is 0 Å². The molecule has 0 amide bonds. The number of nitrogens with one attached hydrogen (secondary N) is 2. The van der Waals surface area contributed by atoms with Gasteiger partial charge in [0.2, 0.25) is 0 Å². The molecule has 4 aromatic carbocycles. The molecule has 0 radical (unpaired) electrons. The fraction of sp³-hybridized carbons (Fsp3) is 0.0370. The Balaban J connectivity index is 1.65. The summed E-state index contributed by atoms with van der Waals surface area (Å²) in [4.78, 5) is 4.57. The number of fused-ring (bicyclic) bond motifs is 3. The Morgan fingerprint density at radius 3 is 2.10 bits per heavy atom. The van der Waals surface area contributed by atoms with Crippen molar-refractivity contribution in [2.24, 2.45) is 4.99 Å². The van der Waals surface area contributed by atoms with Crippen LogP contribution in [0.4, 0.5) is 0 Å². The molecule has 1 aromatic heterocycles. The number of aromatic nitrogens is 1. The van der Waals surface area contributed by atoms with E-state index in [0.717, 1.165) is 38.6 Å². The first-order chi connectivity index (χ1) is 15.3. The first kappa shape index (κ1) is 18.8. The summed E-state index contributed by atoms with van der Waals surface area (Å²) in [6.45, 7) is 0. The summed E-state index contributed by atoms with van der Waals surface area (Å²) in [5.74, 6) is 0.907. The molecule has 5 rings (SSSR count). The molecule has 0 aliphatic carbocycles. The van der Waals surface area contributed by atoms with Crippen molar-refractivity contribution in [2.75, 3.05) is 7.05 Å². The van der Waals surface area contributed by atoms with Crippen molar-refractivity contribution >= 4 is 33.5 Å². The molecular formula is C27H22N4. The predicted octanol–water partition coefficient (Wildman–Crippen LogP) is 5.78. The zero-order valence-electron chi connectivity index (χ0n) is 17.2. The number of nitrogens with zero attached hydrogens (tertiary/aromatic N) is 2. The minimum Gasteiger partial charge on any atom is -0.373 e. The van der Waals surface area contributed by atoms with Crippen molar-refractivity contribution in [1.29, 1.82) is 5.41 Å². The third kappa shape index (κ3) is 3.38. The lowest BCUT2D eigenvalue weighted by atomic mass is 10.1. The Kier molecular flexibility index (Phi) is 4.81. The van der Waals surface area contributed by atoms with Gasteiger partial charge >= 0.3 is 0 Å². The number of amidine groups is 2. The molecule has 4 nitrogen and oxygen atoms in total. The van der Waals surface area contributed by atoms with E-state index in [2.05, 4.69) is 75.5 Å². The summed E-state index contributed by atoms with van der Waals surface area (Å²) in [6, 6.07) is 34.8. The van der Waals surface area contributed by atoms with Crippen LogP contribution in [0.25, 0.3) is 27.5 Å². The van der Waals surface area contributed by atoms with Gasteiger partial charge in [-0.15, -0.1) is 0 Å². The first-order valence-corrected chi connectivity index (χ1v) is 10.3. The van der Waals surface area contributed by atoms with Gasteiger partial charge in [0.15, 0.2) is 5.84 Å². The maximum absolute atomic E-state index is 8.63. The molecule has 0 spiro atoms. The van der Waals surface area contributed by atoms with Gasteiger partial charge in [-0.05, 0) is 36.4 Å². The normalized spacial score (nSPS) is 11.7. The Labute approximate surface area is 181 Å². The fourth-order valence-electron chi connectivity index (χ4n) is 4.01. The van der Waals surface area contributed by atoms with E-state index in [1.165, 1.54) is 0 Å². The minimum absolute atomic E-state index is 0.228. The van der Waals surface area contributed by atoms with Crippen molar-refractivity contribution in [1.82, 2.24) is 9.88 Å². The van der Waals surface area contributed by atoms with Crippen LogP contribution in [0.3, 0.4) is 0 Å². The molecule has 2 N–H and O–H groups in total. The van der Waals surface area contributed by atoms with Gasteiger partial charge in [0.1, 0.15) is 5.84 Å². The number of para-hydroxylation sites is 2. The summed E-state index contributed by atoms with van der Waals surface area (Å²) in [5, 5.41) is 14.0. The van der Waals surface area contributed by atoms with Crippen LogP contribution in [-0.2, 0) is 0 Å². The predicted molar refractivity (Wildman–Crippen MR) is 130 cm³/mol. The summed E-state index contributed by atoms with van der Waals surface area (Å²) in [6.07, 6.45) is 0. The molecule has 0 atom stereocenters. The standard InChI is InChI=1S/C27H22N4/c1-29-27(19-10-4-2-5-11-19)30-26(28)20-16-17-25-23(18-20)22-14-8-9-15-24(22)31(25)21-12-6-3-7-13-21/h2-18H,1H3,(H2,28,29,30). The number of aliphatic imine (C=N–C) groups is 1. The molecule has 1 heterocycles. The van der Waals surface area contributed by atoms with Crippen molar-refractivity contribution in [3.63, 3.8) is 0 Å². The van der Waals surface area contributed by atoms with Crippen LogP contribution >= 0.6 is 0 Å². The third-order valence-electron chi connectivity index (χ3n) is 5.47. The number of hydrogen-bond acceptors (Lipinski definition) is 1. The monoisotopic (exact) mass is 402 g/mol. The van der Waals surface area contributed by atoms with Gasteiger partial charge in [-0.1, -0.05) is 66.7 Å². The van der Waals surface area contributed by atoms with Crippen LogP contribution < -0.4 is 5.32 Å². The molecule has 5 aromatic rings. The second-order valence-electron chi connectivity index (χ2n) is 7.35. The smallest absolute Gasteiger partial charge is 0.154 e. The lowest BCUT2D eigenvalue weighted by Gasteiger charge is -2.08. The zero-order valence-corrected chi connectivity index (χ0v) is 17.2. The second-order valence-corrected chi connectivity index (χ2v) is 7.35. The van der Waals surface area contributed by atoms with Gasteiger partial charge in [0.25, 0.3) is 0 Å². The molecule has 0 aliphatic heterocycles. The van der Waals surface area contributed by atoms with E-state index < -0.39 is 0 Å². The highest BCUT2D eigenvalue weighted by molar-refractivity contribution is 6.14. The topological polar surface area (TPSA) is 53.2 Å². The molecule has 0 fully saturated rings. The highest BCUT2D eigenvalue weighted by Gasteiger charge is 2.13. The van der Waals surface area contributed by atoms with Gasteiger partial charge < -0.3 is 9.88 Å². The van der Waals surface area contributed by atoms with Crippen LogP contribution in [0.1, 0.15) is 11.1 Å². The van der Waals surface area contributed by atoms with E-state index in [4.69, 9.17) is 5.41 Å². The average molecular weight is 403 g/mol. The molecule has 0 saturated carbocycles. The first-order valence-electron chi connectivity index (χ1n) is 10.3. The van der Waals surface area contributed by atoms with Crippen LogP contribution in [0.5, 0.6) is 0 Å². The number of rotatable bonds is 3. The van der Waals surface area contributed by atoms with E-state index in [1.54, 1.807) is 0 Å². The maximum Gasteiger partial charge on any atom is 0.154 e. The molecule has 0 bridgehead atoms. The van der Waals surface area contributed by atoms with Crippen LogP contribution in [0.2, 0.25) is 0 Å². The van der Waals surface area contributed by atoms with E-state index in [-0.39, 0.29) is 5.84 Å². The molecule has 0 saturated heterocycles. The van der Waals surface area contributed by atoms with Gasteiger partial charge in [-0.3, -0.25) is 5.41 Å². The molecule has 0 unspecified atom stereocenters. The Morgan fingerprint density at radius 1 is 0.710 bits per heavy atom. The van der Waals surface area contributed by atoms with Crippen molar-refractivity contribution in [3.8, 4) is 5.69 Å². The van der Waals surface area contributed by atoms with E-state index in [0.29, 0.717) is 5.84 Å². The summed E-state index contributed by atoms with van der Waals surface area (Å²) in [7, 11) is 1.83. The summed E-state index contributed by atoms with van der Waals surface area (Å²) < 4.78 is 2.27. The van der Waals surface area contributed by atoms with Crippen LogP contribution in [0, 0.1) is 5.41 Å². The Hall–Kier alpha value is -4.18. The Bertz CT molecular complexity index is 1410. The molecule has 4 heteroatoms. The molecule has 0 aliphatic rings. The minimum atomic E-state index is 0.228. The van der Waals surface area contributed by atoms with E-state index in [1.807, 2.05) is 49.5 Å². The lowest BCUT2D eigenvalue weighted by molar-refractivity contribution is 1.16. The fourth-order valence-corrected chi connectivity index (χ4v) is 4.01. The third-order valence-corrected chi connectivity index (χ3v) is 5.47. The average Bonchev–Trinajstić information content (AvgIpc) is 3.17. The van der Waals surface area contributed by atoms with Gasteiger partial charge in [0, 0.05) is 34.6 Å². The van der Waals surface area contributed by atoms with Gasteiger partial charge in [0.05, 0.1) is 11.0 Å². The number of hydrogen-bond donors (Lipinski definition) is 2. The maximum atomic E-state index is 8.63. The summed E-state index contributed by atoms with van der Waals surface area (Å²) in [5.41, 5.74) is 5.13. The molecular weight excluding hydrogens is 380 g/mol. The zero-order chi connectivity index (χ0) is 21.2. The van der Waals surface area contributed by atoms with Gasteiger partial charge in [-0.2, -0.15) is 0 Å². The molecule has 31 heavy (non-hydrogen) atoms. The quantitative estimate of drug-likeness (QED) is 0.292. The van der Waals surface area contributed by atoms with Crippen molar-refractivity contribution in [3.05, 3.63) is 114 Å². The lowest BCUT2D eigenvalue weighted by Crippen LogP contribution is -2.21. The number of benzene rings is 4. The van der Waals surface area contributed by atoms with E-state index >= 15 is 0 Å². The van der Waals surface area contributed by atoms with Gasteiger partial charge in [-0.25, -0.2) is 4.99 Å². The summed E-state index contributed by atoms with van der Waals surface area (Å²) >= 11 is 0. The highest BCUT2D eigenvalue weighted by Crippen LogP contribution is 2.32. The second kappa shape index (κ2) is 7.92. The largest absolute Gasteiger partial charge is 0.373 e. The molecule has 150 valence electrons. The highest BCUT2D eigenvalue weighted by atomic mass is 15.0. The SMILES string of the molecule is CN/C(=N\C(=N)c1ccc2c(c1)c1ccccc1n2-c1ccccc1)c1ccccc1. The Morgan fingerprint density at radius 2 is 1.35 bits per heavy atom. The van der Waals surface area contributed by atoms with Crippen LogP contribution in [0.15, 0.2) is 108 Å². The van der Waals surface area contributed by atoms with Crippen molar-refractivity contribution in [2.45, 2.75) is 0 Å². The van der Waals surface area contributed by atoms with Crippen LogP contribution in [-0.4, -0.2) is 23.3 Å². The van der Waals surface area contributed by atoms with E-state index in [9.17, 15) is 0 Å².